The van der Waals surface area contributed by atoms with Crippen LogP contribution in [0.1, 0.15) is 6.92 Å². The molecule has 0 fully saturated rings. The normalized spacial score (nSPS) is 8.15. The zero-order valence-electron chi connectivity index (χ0n) is 9.93. The zero-order chi connectivity index (χ0) is 17.4. The fourth-order valence-electron chi connectivity index (χ4n) is 0.125. The Kier molecular flexibility index (Phi) is 21.0. The number of rotatable bonds is 3. The lowest BCUT2D eigenvalue weighted by atomic mass is 9.96. The number of hydrogen-bond acceptors (Lipinski definition) is 9. The highest BCUT2D eigenvalue weighted by Crippen LogP contribution is 2.07. The standard InChI is InChI=1S/C5H10O3.3HNO3/c1-5(2-6,3-7)4-8;3*2-1(3)4/h2,7-8H,3-4H2,1H3;3*(H,2,3,4). The van der Waals surface area contributed by atoms with Crippen LogP contribution in [0.3, 0.4) is 0 Å². The highest BCUT2D eigenvalue weighted by atomic mass is 16.9. The van der Waals surface area contributed by atoms with Crippen LogP contribution in [0.2, 0.25) is 0 Å². The Labute approximate surface area is 109 Å². The van der Waals surface area contributed by atoms with Crippen LogP contribution in [0.25, 0.3) is 0 Å². The minimum Gasteiger partial charge on any atom is -0.395 e. The van der Waals surface area contributed by atoms with E-state index in [1.54, 1.807) is 0 Å². The van der Waals surface area contributed by atoms with Crippen LogP contribution in [0.4, 0.5) is 0 Å². The first-order chi connectivity index (χ1) is 8.88. The molecule has 0 saturated heterocycles. The predicted octanol–water partition coefficient (Wildman–Crippen LogP) is -1.87. The molecule has 0 bridgehead atoms. The van der Waals surface area contributed by atoms with Crippen molar-refractivity contribution in [3.8, 4) is 0 Å². The number of carbonyl (C=O) groups is 1. The van der Waals surface area contributed by atoms with Gasteiger partial charge in [0.25, 0.3) is 15.3 Å². The van der Waals surface area contributed by atoms with Crippen molar-refractivity contribution in [2.45, 2.75) is 6.92 Å². The summed E-state index contributed by atoms with van der Waals surface area (Å²) >= 11 is 0. The summed E-state index contributed by atoms with van der Waals surface area (Å²) in [5, 5.41) is 57.7. The molecule has 0 amide bonds. The van der Waals surface area contributed by atoms with E-state index >= 15 is 0 Å². The van der Waals surface area contributed by atoms with Crippen molar-refractivity contribution in [3.63, 3.8) is 0 Å². The minimum absolute atomic E-state index is 0.299. The number of aldehydes is 1. The van der Waals surface area contributed by atoms with Crippen LogP contribution >= 0.6 is 0 Å². The molecule has 0 radical (unpaired) electrons. The Balaban J connectivity index is -0.0000000917. The fraction of sp³-hybridized carbons (Fsp3) is 0.800. The molecule has 0 aromatic rings. The third-order valence-corrected chi connectivity index (χ3v) is 1.01. The van der Waals surface area contributed by atoms with Gasteiger partial charge in [-0.25, -0.2) is 0 Å². The summed E-state index contributed by atoms with van der Waals surface area (Å²) in [6.45, 7) is 0.889. The second-order valence-corrected chi connectivity index (χ2v) is 2.80. The Morgan fingerprint density at radius 3 is 1.05 bits per heavy atom. The van der Waals surface area contributed by atoms with E-state index in [4.69, 9.17) is 56.2 Å². The monoisotopic (exact) mass is 307 g/mol. The van der Waals surface area contributed by atoms with E-state index in [9.17, 15) is 4.79 Å². The molecule has 5 N–H and O–H groups in total. The molecule has 20 heavy (non-hydrogen) atoms. The number of aliphatic hydroxyl groups excluding tert-OH is 2. The van der Waals surface area contributed by atoms with Gasteiger partial charge in [0.05, 0.1) is 18.6 Å². The molecule has 0 aromatic heterocycles. The van der Waals surface area contributed by atoms with Gasteiger partial charge in [-0.1, -0.05) is 0 Å². The number of aliphatic hydroxyl groups is 2. The molecular weight excluding hydrogens is 294 g/mol. The lowest BCUT2D eigenvalue weighted by molar-refractivity contribution is -0.742. The van der Waals surface area contributed by atoms with E-state index in [2.05, 4.69) is 0 Å². The summed E-state index contributed by atoms with van der Waals surface area (Å²) in [6, 6.07) is 0. The van der Waals surface area contributed by atoms with Gasteiger partial charge in [-0.05, 0) is 6.92 Å². The summed E-state index contributed by atoms with van der Waals surface area (Å²) in [7, 11) is 0. The topological polar surface area (TPSA) is 248 Å². The maximum Gasteiger partial charge on any atom is 0.291 e. The molecule has 0 saturated carbocycles. The average Bonchev–Trinajstić information content (AvgIpc) is 2.26. The molecule has 0 rings (SSSR count). The van der Waals surface area contributed by atoms with Crippen LogP contribution in [-0.4, -0.2) is 60.6 Å². The van der Waals surface area contributed by atoms with Gasteiger partial charge in [0.2, 0.25) is 0 Å². The van der Waals surface area contributed by atoms with Gasteiger partial charge in [-0.3, -0.25) is 0 Å². The maximum atomic E-state index is 9.97. The molecule has 0 aliphatic heterocycles. The maximum absolute atomic E-state index is 9.97. The first-order valence-corrected chi connectivity index (χ1v) is 4.06. The number of nitrogens with zero attached hydrogens (tertiary/aromatic N) is 3. The largest absolute Gasteiger partial charge is 0.395 e. The predicted molar refractivity (Wildman–Crippen MR) is 54.7 cm³/mol. The van der Waals surface area contributed by atoms with Crippen molar-refractivity contribution in [3.05, 3.63) is 30.3 Å². The minimum atomic E-state index is -1.50. The Hall–Kier alpha value is -2.81. The van der Waals surface area contributed by atoms with Gasteiger partial charge >= 0.3 is 0 Å². The van der Waals surface area contributed by atoms with Crippen molar-refractivity contribution >= 4 is 6.29 Å². The summed E-state index contributed by atoms with van der Waals surface area (Å²) < 4.78 is 0. The van der Waals surface area contributed by atoms with E-state index in [1.165, 1.54) is 6.92 Å². The van der Waals surface area contributed by atoms with Crippen molar-refractivity contribution in [1.29, 1.82) is 0 Å². The fourth-order valence-corrected chi connectivity index (χ4v) is 0.125. The molecule has 0 atom stereocenters. The first kappa shape index (κ1) is 25.9. The summed E-state index contributed by atoms with van der Waals surface area (Å²) in [5.41, 5.74) is -0.944. The lowest BCUT2D eigenvalue weighted by Gasteiger charge is -2.14. The van der Waals surface area contributed by atoms with Crippen molar-refractivity contribution in [2.75, 3.05) is 13.2 Å². The van der Waals surface area contributed by atoms with Gasteiger partial charge in [-0.2, -0.15) is 0 Å². The lowest BCUT2D eigenvalue weighted by Crippen LogP contribution is -2.27. The SMILES string of the molecule is CC(C=O)(CO)CO.O=[N+]([O-])O.O=[N+]([O-])O.O=[N+]([O-])O. The molecule has 120 valence electrons. The van der Waals surface area contributed by atoms with Gasteiger partial charge in [-0.15, -0.1) is 30.3 Å². The smallest absolute Gasteiger partial charge is 0.291 e. The molecule has 0 spiro atoms. The van der Waals surface area contributed by atoms with Crippen molar-refractivity contribution in [1.82, 2.24) is 0 Å². The molecule has 0 aliphatic carbocycles. The Bertz CT molecular complexity index is 248. The summed E-state index contributed by atoms with van der Waals surface area (Å²) in [5.74, 6) is 0. The van der Waals surface area contributed by atoms with Gasteiger partial charge in [0, 0.05) is 0 Å². The van der Waals surface area contributed by atoms with Crippen LogP contribution in [-0.2, 0) is 4.79 Å². The van der Waals surface area contributed by atoms with Crippen LogP contribution in [0.5, 0.6) is 0 Å². The number of hydrogen-bond donors (Lipinski definition) is 5. The quantitative estimate of drug-likeness (QED) is 0.218. The summed E-state index contributed by atoms with van der Waals surface area (Å²) in [4.78, 5) is 35.1. The van der Waals surface area contributed by atoms with Gasteiger partial charge < -0.3 is 30.6 Å². The zero-order valence-corrected chi connectivity index (χ0v) is 9.93. The third-order valence-electron chi connectivity index (χ3n) is 1.01. The third kappa shape index (κ3) is 79.8. The van der Waals surface area contributed by atoms with Crippen LogP contribution in [0.15, 0.2) is 0 Å². The highest BCUT2D eigenvalue weighted by Gasteiger charge is 2.20. The molecule has 15 nitrogen and oxygen atoms in total. The second kappa shape index (κ2) is 16.2. The van der Waals surface area contributed by atoms with E-state index in [1.807, 2.05) is 0 Å². The average molecular weight is 307 g/mol. The van der Waals surface area contributed by atoms with E-state index in [-0.39, 0.29) is 13.2 Å². The molecular formula is C5H13N3O12. The van der Waals surface area contributed by atoms with E-state index in [0.29, 0.717) is 6.29 Å². The Morgan fingerprint density at radius 1 is 0.900 bits per heavy atom. The molecule has 0 aliphatic rings. The number of carbonyl (C=O) groups excluding carboxylic acids is 1. The van der Waals surface area contributed by atoms with Crippen LogP contribution in [0, 0.1) is 35.8 Å². The van der Waals surface area contributed by atoms with Crippen molar-refractivity contribution in [2.24, 2.45) is 5.41 Å². The summed E-state index contributed by atoms with van der Waals surface area (Å²) in [6.07, 6.45) is 0.549. The van der Waals surface area contributed by atoms with Gasteiger partial charge in [0.1, 0.15) is 6.29 Å². The van der Waals surface area contributed by atoms with E-state index < -0.39 is 20.7 Å². The van der Waals surface area contributed by atoms with Crippen LogP contribution < -0.4 is 0 Å². The first-order valence-electron chi connectivity index (χ1n) is 4.06. The second-order valence-electron chi connectivity index (χ2n) is 2.80. The molecule has 15 heteroatoms. The van der Waals surface area contributed by atoms with E-state index in [0.717, 1.165) is 0 Å². The molecule has 0 heterocycles. The highest BCUT2D eigenvalue weighted by molar-refractivity contribution is 5.58. The van der Waals surface area contributed by atoms with Gasteiger partial charge in [0.15, 0.2) is 0 Å². The molecule has 0 unspecified atom stereocenters. The molecule has 0 aromatic carbocycles. The Morgan fingerprint density at radius 2 is 1.05 bits per heavy atom. The van der Waals surface area contributed by atoms with Crippen molar-refractivity contribution < 1.29 is 45.9 Å².